The Kier molecular flexibility index (Phi) is 8.78. The minimum Gasteiger partial charge on any atom is -0.494 e. The summed E-state index contributed by atoms with van der Waals surface area (Å²) in [6, 6.07) is 14.6. The molecule has 2 rings (SSSR count). The van der Waals surface area contributed by atoms with E-state index >= 15 is 0 Å². The average molecular weight is 463 g/mol. The van der Waals surface area contributed by atoms with Crippen molar-refractivity contribution < 1.29 is 35.4 Å². The first-order chi connectivity index (χ1) is 13.6. The van der Waals surface area contributed by atoms with Gasteiger partial charge in [0.1, 0.15) is 11.5 Å². The molecule has 0 heterocycles. The van der Waals surface area contributed by atoms with E-state index in [4.69, 9.17) is 18.6 Å². The van der Waals surface area contributed by atoms with Crippen molar-refractivity contribution >= 4 is 32.0 Å². The third-order valence-electron chi connectivity index (χ3n) is 3.51. The van der Waals surface area contributed by atoms with Gasteiger partial charge in [-0.25, -0.2) is 0 Å². The largest absolute Gasteiger partial charge is 0.494 e. The number of benzene rings is 2. The predicted molar refractivity (Wildman–Crippen MR) is 110 cm³/mol. The molecule has 0 radical (unpaired) electrons. The number of hydrogen-bond acceptors (Lipinski definition) is 7. The molecule has 2 aromatic rings. The molecule has 160 valence electrons. The maximum atomic E-state index is 10.6. The van der Waals surface area contributed by atoms with Crippen molar-refractivity contribution in [3.05, 3.63) is 48.5 Å². The first-order valence-corrected chi connectivity index (χ1v) is 12.7. The fraction of sp³-hybridized carbons (Fsp3) is 0.333. The molecule has 29 heavy (non-hydrogen) atoms. The zero-order valence-corrected chi connectivity index (χ0v) is 17.9. The second kappa shape index (κ2) is 10.8. The molecule has 0 atom stereocenters. The summed E-state index contributed by atoms with van der Waals surface area (Å²) in [6.45, 7) is 0.385. The SMILES string of the molecule is O=S(=O)(O)CCCOc1ccc(Sc2ccc(OCCCS(=O)(=O)O)cc2)cc1. The molecule has 0 unspecified atom stereocenters. The van der Waals surface area contributed by atoms with Crippen LogP contribution in [0.3, 0.4) is 0 Å². The molecule has 0 amide bonds. The lowest BCUT2D eigenvalue weighted by Gasteiger charge is -2.08. The summed E-state index contributed by atoms with van der Waals surface area (Å²) in [5.74, 6) is 0.555. The molecule has 2 aromatic carbocycles. The Balaban J connectivity index is 1.76. The summed E-state index contributed by atoms with van der Waals surface area (Å²) in [7, 11) is -7.92. The second-order valence-electron chi connectivity index (χ2n) is 6.02. The van der Waals surface area contributed by atoms with Crippen LogP contribution in [-0.4, -0.2) is 50.7 Å². The van der Waals surface area contributed by atoms with E-state index in [-0.39, 0.29) is 37.6 Å². The Morgan fingerprint density at radius 3 is 1.31 bits per heavy atom. The monoisotopic (exact) mass is 462 g/mol. The van der Waals surface area contributed by atoms with E-state index < -0.39 is 20.2 Å². The van der Waals surface area contributed by atoms with E-state index in [0.717, 1.165) is 9.79 Å². The first-order valence-electron chi connectivity index (χ1n) is 8.65. The smallest absolute Gasteiger partial charge is 0.264 e. The highest BCUT2D eigenvalue weighted by atomic mass is 32.2. The molecule has 0 aliphatic heterocycles. The quantitative estimate of drug-likeness (QED) is 0.361. The van der Waals surface area contributed by atoms with Gasteiger partial charge >= 0.3 is 0 Å². The normalized spacial score (nSPS) is 11.9. The Bertz CT molecular complexity index is 887. The molecular formula is C18H22O8S3. The lowest BCUT2D eigenvalue weighted by atomic mass is 10.3. The van der Waals surface area contributed by atoms with E-state index in [1.54, 1.807) is 24.3 Å². The van der Waals surface area contributed by atoms with Crippen molar-refractivity contribution in [2.45, 2.75) is 22.6 Å². The average Bonchev–Trinajstić information content (AvgIpc) is 2.63. The van der Waals surface area contributed by atoms with Crippen LogP contribution in [0, 0.1) is 0 Å². The van der Waals surface area contributed by atoms with Gasteiger partial charge in [0.25, 0.3) is 20.2 Å². The van der Waals surface area contributed by atoms with Gasteiger partial charge in [0.15, 0.2) is 0 Å². The minimum atomic E-state index is -3.96. The summed E-state index contributed by atoms with van der Waals surface area (Å²) in [5, 5.41) is 0. The van der Waals surface area contributed by atoms with Gasteiger partial charge in [-0.15, -0.1) is 0 Å². The molecule has 2 N–H and O–H groups in total. The number of hydrogen-bond donors (Lipinski definition) is 2. The molecule has 8 nitrogen and oxygen atoms in total. The predicted octanol–water partition coefficient (Wildman–Crippen LogP) is 3.15. The summed E-state index contributed by atoms with van der Waals surface area (Å²) >= 11 is 1.53. The zero-order valence-electron chi connectivity index (χ0n) is 15.4. The van der Waals surface area contributed by atoms with Crippen molar-refractivity contribution in [3.8, 4) is 11.5 Å². The molecule has 0 aliphatic carbocycles. The highest BCUT2D eigenvalue weighted by Gasteiger charge is 2.05. The zero-order chi connectivity index (χ0) is 21.3. The van der Waals surface area contributed by atoms with E-state index in [1.165, 1.54) is 11.8 Å². The van der Waals surface area contributed by atoms with Crippen LogP contribution < -0.4 is 9.47 Å². The van der Waals surface area contributed by atoms with Crippen LogP contribution in [0.4, 0.5) is 0 Å². The fourth-order valence-corrected chi connectivity index (χ4v) is 3.99. The van der Waals surface area contributed by atoms with Crippen LogP contribution in [0.2, 0.25) is 0 Å². The summed E-state index contributed by atoms with van der Waals surface area (Å²) in [5.41, 5.74) is 0. The first kappa shape index (κ1) is 23.5. The molecule has 0 saturated heterocycles. The van der Waals surface area contributed by atoms with E-state index in [0.29, 0.717) is 11.5 Å². The van der Waals surface area contributed by atoms with Crippen LogP contribution in [0.1, 0.15) is 12.8 Å². The summed E-state index contributed by atoms with van der Waals surface area (Å²) < 4.78 is 70.8. The van der Waals surface area contributed by atoms with Gasteiger partial charge in [0, 0.05) is 9.79 Å². The molecule has 0 aliphatic rings. The van der Waals surface area contributed by atoms with E-state index in [9.17, 15) is 16.8 Å². The van der Waals surface area contributed by atoms with Gasteiger partial charge in [-0.3, -0.25) is 9.11 Å². The molecular weight excluding hydrogens is 440 g/mol. The van der Waals surface area contributed by atoms with Crippen molar-refractivity contribution in [3.63, 3.8) is 0 Å². The number of rotatable bonds is 12. The summed E-state index contributed by atoms with van der Waals surface area (Å²) in [6.07, 6.45) is 0.416. The Labute approximate surface area is 174 Å². The van der Waals surface area contributed by atoms with Crippen molar-refractivity contribution in [1.29, 1.82) is 0 Å². The molecule has 0 saturated carbocycles. The standard InChI is InChI=1S/C18H22O8S3/c19-28(20,21)13-1-11-25-15-3-7-17(8-4-15)27-18-9-5-16(6-10-18)26-12-2-14-29(22,23)24/h3-10H,1-2,11-14H2,(H,19,20,21)(H,22,23,24). The van der Waals surface area contributed by atoms with Gasteiger partial charge in [0.2, 0.25) is 0 Å². The van der Waals surface area contributed by atoms with Crippen LogP contribution in [-0.2, 0) is 20.2 Å². The lowest BCUT2D eigenvalue weighted by Crippen LogP contribution is -2.08. The molecule has 11 heteroatoms. The maximum Gasteiger partial charge on any atom is 0.264 e. The Morgan fingerprint density at radius 2 is 1.00 bits per heavy atom. The third kappa shape index (κ3) is 10.5. The lowest BCUT2D eigenvalue weighted by molar-refractivity contribution is 0.316. The van der Waals surface area contributed by atoms with Gasteiger partial charge in [-0.2, -0.15) is 16.8 Å². The van der Waals surface area contributed by atoms with Crippen molar-refractivity contribution in [2.24, 2.45) is 0 Å². The van der Waals surface area contributed by atoms with Crippen LogP contribution in [0.5, 0.6) is 11.5 Å². The Morgan fingerprint density at radius 1 is 0.655 bits per heavy atom. The van der Waals surface area contributed by atoms with Gasteiger partial charge in [0.05, 0.1) is 24.7 Å². The van der Waals surface area contributed by atoms with Crippen LogP contribution in [0.25, 0.3) is 0 Å². The van der Waals surface area contributed by atoms with Crippen LogP contribution in [0.15, 0.2) is 58.3 Å². The van der Waals surface area contributed by atoms with Gasteiger partial charge in [-0.05, 0) is 61.4 Å². The van der Waals surface area contributed by atoms with E-state index in [1.807, 2.05) is 24.3 Å². The van der Waals surface area contributed by atoms with Crippen LogP contribution >= 0.6 is 11.8 Å². The van der Waals surface area contributed by atoms with Gasteiger partial charge < -0.3 is 9.47 Å². The van der Waals surface area contributed by atoms with Gasteiger partial charge in [-0.1, -0.05) is 11.8 Å². The van der Waals surface area contributed by atoms with Crippen molar-refractivity contribution in [1.82, 2.24) is 0 Å². The number of ether oxygens (including phenoxy) is 2. The maximum absolute atomic E-state index is 10.6. The minimum absolute atomic E-state index is 0.192. The molecule has 0 spiro atoms. The molecule has 0 aromatic heterocycles. The molecule has 0 bridgehead atoms. The van der Waals surface area contributed by atoms with Crippen molar-refractivity contribution in [2.75, 3.05) is 24.7 Å². The summed E-state index contributed by atoms with van der Waals surface area (Å²) in [4.78, 5) is 1.97. The highest BCUT2D eigenvalue weighted by Crippen LogP contribution is 2.30. The topological polar surface area (TPSA) is 127 Å². The third-order valence-corrected chi connectivity index (χ3v) is 6.14. The Hall–Kier alpha value is -1.79. The molecule has 0 fully saturated rings. The highest BCUT2D eigenvalue weighted by molar-refractivity contribution is 7.99. The second-order valence-corrected chi connectivity index (χ2v) is 10.3. The fourth-order valence-electron chi connectivity index (χ4n) is 2.21. The van der Waals surface area contributed by atoms with E-state index in [2.05, 4.69) is 0 Å².